The monoisotopic (exact) mass is 246 g/mol. The van der Waals surface area contributed by atoms with Crippen molar-refractivity contribution >= 4 is 0 Å². The van der Waals surface area contributed by atoms with Crippen molar-refractivity contribution in [2.45, 2.75) is 52.2 Å². The Morgan fingerprint density at radius 1 is 1.33 bits per heavy atom. The molecule has 2 heteroatoms. The number of hydrogen-bond acceptors (Lipinski definition) is 2. The van der Waals surface area contributed by atoms with Crippen LogP contribution in [0.25, 0.3) is 0 Å². The molecule has 1 aromatic carbocycles. The second-order valence-electron chi connectivity index (χ2n) is 5.97. The van der Waals surface area contributed by atoms with Gasteiger partial charge in [-0.1, -0.05) is 23.8 Å². The highest BCUT2D eigenvalue weighted by Gasteiger charge is 2.27. The van der Waals surface area contributed by atoms with Gasteiger partial charge in [-0.15, -0.1) is 0 Å². The fourth-order valence-corrected chi connectivity index (χ4v) is 3.07. The van der Waals surface area contributed by atoms with E-state index in [1.165, 1.54) is 23.1 Å². The van der Waals surface area contributed by atoms with Crippen LogP contribution in [0.3, 0.4) is 0 Å². The predicted octanol–water partition coefficient (Wildman–Crippen LogP) is 3.05. The first kappa shape index (κ1) is 13.6. The highest BCUT2D eigenvalue weighted by atomic mass is 15.2. The summed E-state index contributed by atoms with van der Waals surface area (Å²) in [5.41, 5.74) is 4.18. The Balaban J connectivity index is 2.01. The van der Waals surface area contributed by atoms with E-state index < -0.39 is 0 Å². The van der Waals surface area contributed by atoms with Gasteiger partial charge >= 0.3 is 0 Å². The Hall–Kier alpha value is -0.860. The Morgan fingerprint density at radius 2 is 2.06 bits per heavy atom. The van der Waals surface area contributed by atoms with Crippen LogP contribution in [-0.4, -0.2) is 30.6 Å². The zero-order valence-electron chi connectivity index (χ0n) is 12.3. The van der Waals surface area contributed by atoms with Crippen LogP contribution in [0.15, 0.2) is 18.2 Å². The molecule has 1 fully saturated rings. The molecule has 0 amide bonds. The van der Waals surface area contributed by atoms with E-state index in [9.17, 15) is 0 Å². The van der Waals surface area contributed by atoms with Gasteiger partial charge in [0.05, 0.1) is 0 Å². The summed E-state index contributed by atoms with van der Waals surface area (Å²) in [7, 11) is 2.22. The Kier molecular flexibility index (Phi) is 4.08. The van der Waals surface area contributed by atoms with Crippen LogP contribution in [0.4, 0.5) is 0 Å². The first-order chi connectivity index (χ1) is 8.47. The van der Waals surface area contributed by atoms with Crippen molar-refractivity contribution < 1.29 is 0 Å². The molecule has 1 saturated heterocycles. The van der Waals surface area contributed by atoms with E-state index in [4.69, 9.17) is 0 Å². The van der Waals surface area contributed by atoms with Gasteiger partial charge in [0.2, 0.25) is 0 Å². The highest BCUT2D eigenvalue weighted by molar-refractivity contribution is 5.32. The third-order valence-corrected chi connectivity index (χ3v) is 4.26. The lowest BCUT2D eigenvalue weighted by Gasteiger charge is -2.21. The quantitative estimate of drug-likeness (QED) is 0.882. The number of hydrogen-bond donors (Lipinski definition) is 1. The second kappa shape index (κ2) is 5.41. The molecule has 0 aromatic heterocycles. The van der Waals surface area contributed by atoms with Crippen LogP contribution >= 0.6 is 0 Å². The third-order valence-electron chi connectivity index (χ3n) is 4.26. The van der Waals surface area contributed by atoms with Crippen molar-refractivity contribution in [2.75, 3.05) is 13.6 Å². The molecule has 1 aliphatic heterocycles. The van der Waals surface area contributed by atoms with Gasteiger partial charge in [-0.2, -0.15) is 0 Å². The normalized spacial score (nSPS) is 26.5. The van der Waals surface area contributed by atoms with Gasteiger partial charge in [0, 0.05) is 24.7 Å². The zero-order valence-corrected chi connectivity index (χ0v) is 12.3. The minimum absolute atomic E-state index is 0.439. The molecule has 18 heavy (non-hydrogen) atoms. The number of likely N-dealkylation sites (tertiary alicyclic amines) is 1. The summed E-state index contributed by atoms with van der Waals surface area (Å²) in [6.07, 6.45) is 1.26. The fraction of sp³-hybridized carbons (Fsp3) is 0.625. The SMILES string of the molecule is Cc1ccc(C(C)NC2CC(C)N(C)C2)c(C)c1. The van der Waals surface area contributed by atoms with E-state index in [-0.39, 0.29) is 0 Å². The van der Waals surface area contributed by atoms with Crippen LogP contribution < -0.4 is 5.32 Å². The molecule has 0 aliphatic carbocycles. The number of rotatable bonds is 3. The minimum Gasteiger partial charge on any atom is -0.306 e. The number of benzene rings is 1. The van der Waals surface area contributed by atoms with Crippen molar-refractivity contribution in [3.8, 4) is 0 Å². The lowest BCUT2D eigenvalue weighted by Crippen LogP contribution is -2.33. The second-order valence-corrected chi connectivity index (χ2v) is 5.97. The van der Waals surface area contributed by atoms with Gasteiger partial charge in [0.1, 0.15) is 0 Å². The van der Waals surface area contributed by atoms with E-state index in [1.807, 2.05) is 0 Å². The number of nitrogens with one attached hydrogen (secondary N) is 1. The van der Waals surface area contributed by atoms with Gasteiger partial charge in [-0.25, -0.2) is 0 Å². The summed E-state index contributed by atoms with van der Waals surface area (Å²) < 4.78 is 0. The smallest absolute Gasteiger partial charge is 0.0297 e. The van der Waals surface area contributed by atoms with Gasteiger partial charge in [-0.05, 0) is 52.3 Å². The van der Waals surface area contributed by atoms with Crippen molar-refractivity contribution in [2.24, 2.45) is 0 Å². The first-order valence-corrected chi connectivity index (χ1v) is 7.01. The molecule has 100 valence electrons. The summed E-state index contributed by atoms with van der Waals surface area (Å²) in [5.74, 6) is 0. The van der Waals surface area contributed by atoms with Crippen LogP contribution in [-0.2, 0) is 0 Å². The minimum atomic E-state index is 0.439. The standard InChI is InChI=1S/C16H26N2/c1-11-6-7-16(12(2)8-11)14(4)17-15-9-13(3)18(5)10-15/h6-8,13-15,17H,9-10H2,1-5H3. The lowest BCUT2D eigenvalue weighted by atomic mass is 9.99. The van der Waals surface area contributed by atoms with E-state index in [2.05, 4.69) is 63.2 Å². The van der Waals surface area contributed by atoms with Crippen LogP contribution in [0.1, 0.15) is 43.0 Å². The topological polar surface area (TPSA) is 15.3 Å². The summed E-state index contributed by atoms with van der Waals surface area (Å²) in [6, 6.07) is 8.52. The van der Waals surface area contributed by atoms with Gasteiger partial charge in [-0.3, -0.25) is 0 Å². The van der Waals surface area contributed by atoms with Crippen LogP contribution in [0.2, 0.25) is 0 Å². The summed E-state index contributed by atoms with van der Waals surface area (Å²) in [5, 5.41) is 3.77. The van der Waals surface area contributed by atoms with Gasteiger partial charge in [0.15, 0.2) is 0 Å². The Morgan fingerprint density at radius 3 is 2.61 bits per heavy atom. The highest BCUT2D eigenvalue weighted by Crippen LogP contribution is 2.22. The molecule has 2 nitrogen and oxygen atoms in total. The van der Waals surface area contributed by atoms with E-state index in [1.54, 1.807) is 0 Å². The molecule has 1 aromatic rings. The van der Waals surface area contributed by atoms with E-state index in [0.29, 0.717) is 18.1 Å². The molecule has 0 radical (unpaired) electrons. The number of likely N-dealkylation sites (N-methyl/N-ethyl adjacent to an activating group) is 1. The maximum atomic E-state index is 3.77. The summed E-state index contributed by atoms with van der Waals surface area (Å²) in [6.45, 7) is 10.1. The molecule has 1 aliphatic rings. The number of aryl methyl sites for hydroxylation is 2. The average molecular weight is 246 g/mol. The first-order valence-electron chi connectivity index (χ1n) is 7.01. The van der Waals surface area contributed by atoms with Crippen molar-refractivity contribution in [3.63, 3.8) is 0 Å². The van der Waals surface area contributed by atoms with Gasteiger partial charge in [0.25, 0.3) is 0 Å². The molecule has 1 N–H and O–H groups in total. The maximum absolute atomic E-state index is 3.77. The molecule has 2 rings (SSSR count). The van der Waals surface area contributed by atoms with Gasteiger partial charge < -0.3 is 10.2 Å². The Labute approximate surface area is 111 Å². The average Bonchev–Trinajstić information content (AvgIpc) is 2.57. The van der Waals surface area contributed by atoms with Crippen molar-refractivity contribution in [1.82, 2.24) is 10.2 Å². The molecule has 1 heterocycles. The predicted molar refractivity (Wildman–Crippen MR) is 78.0 cm³/mol. The molecule has 0 spiro atoms. The molecule has 3 unspecified atom stereocenters. The van der Waals surface area contributed by atoms with Crippen molar-refractivity contribution in [1.29, 1.82) is 0 Å². The third kappa shape index (κ3) is 2.93. The number of nitrogens with zero attached hydrogens (tertiary/aromatic N) is 1. The van der Waals surface area contributed by atoms with E-state index >= 15 is 0 Å². The summed E-state index contributed by atoms with van der Waals surface area (Å²) in [4.78, 5) is 2.44. The molecule has 0 saturated carbocycles. The lowest BCUT2D eigenvalue weighted by molar-refractivity contribution is 0.325. The maximum Gasteiger partial charge on any atom is 0.0297 e. The Bertz CT molecular complexity index is 404. The molecule has 3 atom stereocenters. The van der Waals surface area contributed by atoms with Crippen LogP contribution in [0.5, 0.6) is 0 Å². The summed E-state index contributed by atoms with van der Waals surface area (Å²) >= 11 is 0. The van der Waals surface area contributed by atoms with Crippen LogP contribution in [0, 0.1) is 13.8 Å². The van der Waals surface area contributed by atoms with Crippen molar-refractivity contribution in [3.05, 3.63) is 34.9 Å². The molecule has 0 bridgehead atoms. The van der Waals surface area contributed by atoms with E-state index in [0.717, 1.165) is 6.54 Å². The molecular weight excluding hydrogens is 220 g/mol. The fourth-order valence-electron chi connectivity index (χ4n) is 3.07. The largest absolute Gasteiger partial charge is 0.306 e. The zero-order chi connectivity index (χ0) is 13.3. The molecular formula is C16H26N2.